The summed E-state index contributed by atoms with van der Waals surface area (Å²) in [5.41, 5.74) is 3.98. The van der Waals surface area contributed by atoms with E-state index >= 15 is 0 Å². The van der Waals surface area contributed by atoms with Crippen LogP contribution >= 0.6 is 0 Å². The molecule has 3 rings (SSSR count). The fraction of sp³-hybridized carbons (Fsp3) is 0.571. The van der Waals surface area contributed by atoms with Crippen LogP contribution in [0.4, 0.5) is 11.4 Å². The van der Waals surface area contributed by atoms with Crippen molar-refractivity contribution in [3.63, 3.8) is 0 Å². The van der Waals surface area contributed by atoms with Crippen LogP contribution in [0.3, 0.4) is 0 Å². The molecular formula is C14H18N4. The Morgan fingerprint density at radius 3 is 2.83 bits per heavy atom. The molecule has 1 fully saturated rings. The van der Waals surface area contributed by atoms with Crippen LogP contribution in [0.15, 0.2) is 6.07 Å². The van der Waals surface area contributed by atoms with Crippen LogP contribution in [0, 0.1) is 11.3 Å². The summed E-state index contributed by atoms with van der Waals surface area (Å²) in [7, 11) is 0. The van der Waals surface area contributed by atoms with E-state index in [-0.39, 0.29) is 0 Å². The Hall–Kier alpha value is -1.76. The standard InChI is InChI=1S/C14H18N4/c15-10-11-9-13(18-7-2-1-3-8-18)14-12(17-11)5-4-6-16-14/h9,16H,1-8H2. The number of piperidine rings is 1. The zero-order chi connectivity index (χ0) is 12.4. The molecule has 0 radical (unpaired) electrons. The van der Waals surface area contributed by atoms with E-state index in [9.17, 15) is 0 Å². The lowest BCUT2D eigenvalue weighted by Crippen LogP contribution is -2.31. The van der Waals surface area contributed by atoms with Gasteiger partial charge in [0.25, 0.3) is 0 Å². The Bertz CT molecular complexity index is 483. The van der Waals surface area contributed by atoms with E-state index in [0.717, 1.165) is 38.2 Å². The lowest BCUT2D eigenvalue weighted by atomic mass is 10.0. The second-order valence-corrected chi connectivity index (χ2v) is 5.04. The van der Waals surface area contributed by atoms with Crippen LogP contribution in [0.2, 0.25) is 0 Å². The third kappa shape index (κ3) is 2.01. The molecule has 3 heterocycles. The predicted molar refractivity (Wildman–Crippen MR) is 71.8 cm³/mol. The molecule has 0 bridgehead atoms. The van der Waals surface area contributed by atoms with E-state index in [1.165, 1.54) is 30.6 Å². The van der Waals surface area contributed by atoms with Gasteiger partial charge in [0.05, 0.1) is 17.1 Å². The summed E-state index contributed by atoms with van der Waals surface area (Å²) in [4.78, 5) is 6.84. The summed E-state index contributed by atoms with van der Waals surface area (Å²) in [6.45, 7) is 3.22. The smallest absolute Gasteiger partial charge is 0.143 e. The number of hydrogen-bond acceptors (Lipinski definition) is 4. The molecule has 2 aliphatic heterocycles. The monoisotopic (exact) mass is 242 g/mol. The lowest BCUT2D eigenvalue weighted by Gasteiger charge is -2.32. The molecule has 1 saturated heterocycles. The maximum absolute atomic E-state index is 9.11. The second kappa shape index (κ2) is 4.85. The van der Waals surface area contributed by atoms with E-state index in [1.807, 2.05) is 6.07 Å². The summed E-state index contributed by atoms with van der Waals surface area (Å²) in [6, 6.07) is 4.14. The van der Waals surface area contributed by atoms with Crippen LogP contribution in [-0.2, 0) is 6.42 Å². The fourth-order valence-corrected chi connectivity index (χ4v) is 2.87. The highest BCUT2D eigenvalue weighted by Gasteiger charge is 2.21. The van der Waals surface area contributed by atoms with Gasteiger partial charge >= 0.3 is 0 Å². The third-order valence-electron chi connectivity index (χ3n) is 3.78. The molecule has 0 aromatic carbocycles. The first-order valence-corrected chi connectivity index (χ1v) is 6.81. The van der Waals surface area contributed by atoms with Gasteiger partial charge < -0.3 is 10.2 Å². The van der Waals surface area contributed by atoms with Crippen LogP contribution in [-0.4, -0.2) is 24.6 Å². The van der Waals surface area contributed by atoms with Gasteiger partial charge in [-0.25, -0.2) is 4.98 Å². The van der Waals surface area contributed by atoms with E-state index < -0.39 is 0 Å². The molecule has 4 nitrogen and oxygen atoms in total. The molecule has 0 spiro atoms. The van der Waals surface area contributed by atoms with Crippen molar-refractivity contribution in [2.75, 3.05) is 29.9 Å². The molecule has 0 unspecified atom stereocenters. The highest BCUT2D eigenvalue weighted by molar-refractivity contribution is 5.74. The summed E-state index contributed by atoms with van der Waals surface area (Å²) in [5, 5.41) is 12.6. The van der Waals surface area contributed by atoms with Gasteiger partial charge in [-0.05, 0) is 32.1 Å². The molecule has 0 atom stereocenters. The van der Waals surface area contributed by atoms with Gasteiger partial charge in [0.2, 0.25) is 0 Å². The topological polar surface area (TPSA) is 52.0 Å². The first-order chi connectivity index (χ1) is 8.88. The predicted octanol–water partition coefficient (Wildman–Crippen LogP) is 2.30. The van der Waals surface area contributed by atoms with Crippen LogP contribution < -0.4 is 10.2 Å². The van der Waals surface area contributed by atoms with Crippen molar-refractivity contribution in [3.05, 3.63) is 17.5 Å². The van der Waals surface area contributed by atoms with Crippen molar-refractivity contribution < 1.29 is 0 Å². The maximum Gasteiger partial charge on any atom is 0.143 e. The minimum absolute atomic E-state index is 0.554. The molecular weight excluding hydrogens is 224 g/mol. The number of pyridine rings is 1. The molecule has 18 heavy (non-hydrogen) atoms. The quantitative estimate of drug-likeness (QED) is 0.821. The zero-order valence-corrected chi connectivity index (χ0v) is 10.6. The van der Waals surface area contributed by atoms with Crippen LogP contribution in [0.25, 0.3) is 0 Å². The average molecular weight is 242 g/mol. The van der Waals surface area contributed by atoms with Crippen LogP contribution in [0.1, 0.15) is 37.1 Å². The summed E-state index contributed by atoms with van der Waals surface area (Å²) in [6.07, 6.45) is 5.91. The van der Waals surface area contributed by atoms with Gasteiger partial charge in [0.1, 0.15) is 11.8 Å². The number of nitrogens with zero attached hydrogens (tertiary/aromatic N) is 3. The van der Waals surface area contributed by atoms with E-state index in [2.05, 4.69) is 21.3 Å². The van der Waals surface area contributed by atoms with Gasteiger partial charge in [0, 0.05) is 25.7 Å². The van der Waals surface area contributed by atoms with Gasteiger partial charge in [-0.1, -0.05) is 0 Å². The lowest BCUT2D eigenvalue weighted by molar-refractivity contribution is 0.577. The molecule has 4 heteroatoms. The van der Waals surface area contributed by atoms with Gasteiger partial charge in [-0.2, -0.15) is 5.26 Å². The van der Waals surface area contributed by atoms with Gasteiger partial charge in [-0.3, -0.25) is 0 Å². The first-order valence-electron chi connectivity index (χ1n) is 6.81. The zero-order valence-electron chi connectivity index (χ0n) is 10.6. The average Bonchev–Trinajstić information content (AvgIpc) is 2.47. The van der Waals surface area contributed by atoms with Gasteiger partial charge in [0.15, 0.2) is 0 Å². The fourth-order valence-electron chi connectivity index (χ4n) is 2.87. The number of hydrogen-bond donors (Lipinski definition) is 1. The molecule has 1 aromatic rings. The largest absolute Gasteiger partial charge is 0.382 e. The SMILES string of the molecule is N#Cc1cc(N2CCCCC2)c2c(n1)CCCN2. The first kappa shape index (κ1) is 11.3. The number of aromatic nitrogens is 1. The Morgan fingerprint density at radius 2 is 2.06 bits per heavy atom. The third-order valence-corrected chi connectivity index (χ3v) is 3.78. The molecule has 1 N–H and O–H groups in total. The molecule has 0 aliphatic carbocycles. The van der Waals surface area contributed by atoms with Gasteiger partial charge in [-0.15, -0.1) is 0 Å². The Kier molecular flexibility index (Phi) is 3.06. The number of nitriles is 1. The van der Waals surface area contributed by atoms with Crippen molar-refractivity contribution in [1.29, 1.82) is 5.26 Å². The van der Waals surface area contributed by atoms with Crippen molar-refractivity contribution >= 4 is 11.4 Å². The van der Waals surface area contributed by atoms with Crippen LogP contribution in [0.5, 0.6) is 0 Å². The summed E-state index contributed by atoms with van der Waals surface area (Å²) < 4.78 is 0. The Morgan fingerprint density at radius 1 is 1.22 bits per heavy atom. The highest BCUT2D eigenvalue weighted by Crippen LogP contribution is 2.34. The minimum atomic E-state index is 0.554. The number of aryl methyl sites for hydroxylation is 1. The minimum Gasteiger partial charge on any atom is -0.382 e. The van der Waals surface area contributed by atoms with E-state index in [0.29, 0.717) is 5.69 Å². The van der Waals surface area contributed by atoms with E-state index in [1.54, 1.807) is 0 Å². The van der Waals surface area contributed by atoms with Crippen molar-refractivity contribution in [2.45, 2.75) is 32.1 Å². The number of anilines is 2. The maximum atomic E-state index is 9.11. The molecule has 2 aliphatic rings. The number of fused-ring (bicyclic) bond motifs is 1. The van der Waals surface area contributed by atoms with E-state index in [4.69, 9.17) is 5.26 Å². The van der Waals surface area contributed by atoms with Crippen molar-refractivity contribution in [3.8, 4) is 6.07 Å². The number of rotatable bonds is 1. The second-order valence-electron chi connectivity index (χ2n) is 5.04. The summed E-state index contributed by atoms with van der Waals surface area (Å²) in [5.74, 6) is 0. The van der Waals surface area contributed by atoms with Crippen molar-refractivity contribution in [2.24, 2.45) is 0 Å². The molecule has 0 saturated carbocycles. The molecule has 0 amide bonds. The number of nitrogens with one attached hydrogen (secondary N) is 1. The normalized spacial score (nSPS) is 18.7. The highest BCUT2D eigenvalue weighted by atomic mass is 15.2. The molecule has 94 valence electrons. The Balaban J connectivity index is 2.03. The Labute approximate surface area is 108 Å². The van der Waals surface area contributed by atoms with Crippen molar-refractivity contribution in [1.82, 2.24) is 4.98 Å². The molecule has 1 aromatic heterocycles. The summed E-state index contributed by atoms with van der Waals surface area (Å²) >= 11 is 0.